The van der Waals surface area contributed by atoms with Crippen LogP contribution in [0.3, 0.4) is 0 Å². The molecule has 0 atom stereocenters. The third-order valence-corrected chi connectivity index (χ3v) is 3.97. The summed E-state index contributed by atoms with van der Waals surface area (Å²) >= 11 is 0. The smallest absolute Gasteiger partial charge is 0.231 e. The van der Waals surface area contributed by atoms with Crippen molar-refractivity contribution in [2.24, 2.45) is 11.1 Å². The number of hydrogen-bond donors (Lipinski definition) is 3. The monoisotopic (exact) mass is 293 g/mol. The molecule has 0 unspecified atom stereocenters. The van der Waals surface area contributed by atoms with E-state index in [0.29, 0.717) is 5.69 Å². The van der Waals surface area contributed by atoms with E-state index in [1.807, 2.05) is 0 Å². The van der Waals surface area contributed by atoms with E-state index in [4.69, 9.17) is 5.73 Å². The van der Waals surface area contributed by atoms with E-state index >= 15 is 0 Å². The molecule has 6 heteroatoms. The van der Waals surface area contributed by atoms with Gasteiger partial charge < -0.3 is 16.4 Å². The number of hydrogen-bond acceptors (Lipinski definition) is 3. The molecular weight excluding hydrogens is 273 g/mol. The maximum Gasteiger partial charge on any atom is 0.231 e. The SMILES string of the molecule is CC(=O)Nc1ccc(F)c(NC(=O)C2(CN)CCCC2)c1. The van der Waals surface area contributed by atoms with E-state index in [9.17, 15) is 14.0 Å². The lowest BCUT2D eigenvalue weighted by molar-refractivity contribution is -0.124. The number of carbonyl (C=O) groups is 2. The molecule has 114 valence electrons. The molecular formula is C15H20FN3O2. The van der Waals surface area contributed by atoms with Crippen LogP contribution in [-0.4, -0.2) is 18.4 Å². The molecule has 1 fully saturated rings. The van der Waals surface area contributed by atoms with Crippen LogP contribution in [0.4, 0.5) is 15.8 Å². The fraction of sp³-hybridized carbons (Fsp3) is 0.467. The first-order chi connectivity index (χ1) is 9.97. The highest BCUT2D eigenvalue weighted by molar-refractivity contribution is 5.97. The molecule has 0 spiro atoms. The minimum Gasteiger partial charge on any atom is -0.329 e. The molecule has 1 aliphatic rings. The van der Waals surface area contributed by atoms with Gasteiger partial charge in [0.05, 0.1) is 11.1 Å². The van der Waals surface area contributed by atoms with Crippen LogP contribution in [0.5, 0.6) is 0 Å². The van der Waals surface area contributed by atoms with Gasteiger partial charge in [-0.3, -0.25) is 9.59 Å². The molecule has 1 aliphatic carbocycles. The van der Waals surface area contributed by atoms with E-state index in [0.717, 1.165) is 25.7 Å². The summed E-state index contributed by atoms with van der Waals surface area (Å²) in [5.41, 5.74) is 5.64. The summed E-state index contributed by atoms with van der Waals surface area (Å²) in [5, 5.41) is 5.17. The Labute approximate surface area is 123 Å². The van der Waals surface area contributed by atoms with Gasteiger partial charge in [0.1, 0.15) is 5.82 Å². The molecule has 0 aromatic heterocycles. The highest BCUT2D eigenvalue weighted by Crippen LogP contribution is 2.38. The Bertz CT molecular complexity index is 554. The molecule has 5 nitrogen and oxygen atoms in total. The Kier molecular flexibility index (Phi) is 4.57. The fourth-order valence-electron chi connectivity index (χ4n) is 2.73. The maximum atomic E-state index is 13.8. The minimum atomic E-state index is -0.601. The van der Waals surface area contributed by atoms with Crippen molar-refractivity contribution in [3.05, 3.63) is 24.0 Å². The lowest BCUT2D eigenvalue weighted by Crippen LogP contribution is -2.40. The van der Waals surface area contributed by atoms with Gasteiger partial charge in [0.2, 0.25) is 11.8 Å². The number of carbonyl (C=O) groups excluding carboxylic acids is 2. The van der Waals surface area contributed by atoms with Gasteiger partial charge in [-0.1, -0.05) is 12.8 Å². The molecule has 1 aromatic rings. The predicted octanol–water partition coefficient (Wildman–Crippen LogP) is 2.24. The summed E-state index contributed by atoms with van der Waals surface area (Å²) < 4.78 is 13.8. The molecule has 1 saturated carbocycles. The zero-order valence-corrected chi connectivity index (χ0v) is 12.0. The van der Waals surface area contributed by atoms with Crippen molar-refractivity contribution in [2.75, 3.05) is 17.2 Å². The number of amides is 2. The van der Waals surface area contributed by atoms with E-state index < -0.39 is 11.2 Å². The van der Waals surface area contributed by atoms with Crippen molar-refractivity contribution in [1.82, 2.24) is 0 Å². The predicted molar refractivity (Wildman–Crippen MR) is 79.3 cm³/mol. The van der Waals surface area contributed by atoms with Crippen molar-refractivity contribution >= 4 is 23.2 Å². The Morgan fingerprint density at radius 3 is 2.52 bits per heavy atom. The molecule has 0 saturated heterocycles. The van der Waals surface area contributed by atoms with Crippen LogP contribution >= 0.6 is 0 Å². The van der Waals surface area contributed by atoms with Gasteiger partial charge in [0.25, 0.3) is 0 Å². The van der Waals surface area contributed by atoms with E-state index in [-0.39, 0.29) is 24.0 Å². The van der Waals surface area contributed by atoms with E-state index in [1.54, 1.807) is 0 Å². The zero-order chi connectivity index (χ0) is 15.5. The first-order valence-electron chi connectivity index (χ1n) is 7.05. The Balaban J connectivity index is 2.18. The molecule has 2 amide bonds. The van der Waals surface area contributed by atoms with Gasteiger partial charge >= 0.3 is 0 Å². The van der Waals surface area contributed by atoms with Crippen LogP contribution in [0.1, 0.15) is 32.6 Å². The van der Waals surface area contributed by atoms with Crippen LogP contribution in [0.25, 0.3) is 0 Å². The number of rotatable bonds is 4. The van der Waals surface area contributed by atoms with E-state index in [2.05, 4.69) is 10.6 Å². The summed E-state index contributed by atoms with van der Waals surface area (Å²) in [7, 11) is 0. The maximum absolute atomic E-state index is 13.8. The van der Waals surface area contributed by atoms with Crippen LogP contribution in [0, 0.1) is 11.2 Å². The zero-order valence-electron chi connectivity index (χ0n) is 12.0. The average Bonchev–Trinajstić information content (AvgIpc) is 2.92. The first-order valence-corrected chi connectivity index (χ1v) is 7.05. The molecule has 0 bridgehead atoms. The summed E-state index contributed by atoms with van der Waals surface area (Å²) in [4.78, 5) is 23.4. The van der Waals surface area contributed by atoms with Gasteiger partial charge in [-0.05, 0) is 31.0 Å². The summed E-state index contributed by atoms with van der Waals surface area (Å²) in [6.45, 7) is 1.62. The van der Waals surface area contributed by atoms with Crippen LogP contribution in [0.15, 0.2) is 18.2 Å². The molecule has 0 radical (unpaired) electrons. The first kappa shape index (κ1) is 15.4. The number of nitrogens with one attached hydrogen (secondary N) is 2. The standard InChI is InChI=1S/C15H20FN3O2/c1-10(20)18-11-4-5-12(16)13(8-11)19-14(21)15(9-17)6-2-3-7-15/h4-5,8H,2-3,6-7,9,17H2,1H3,(H,18,20)(H,19,21). The van der Waals surface area contributed by atoms with Crippen molar-refractivity contribution in [2.45, 2.75) is 32.6 Å². The van der Waals surface area contributed by atoms with E-state index in [1.165, 1.54) is 25.1 Å². The number of nitrogens with two attached hydrogens (primary N) is 1. The molecule has 0 aliphatic heterocycles. The quantitative estimate of drug-likeness (QED) is 0.796. The van der Waals surface area contributed by atoms with Crippen LogP contribution in [-0.2, 0) is 9.59 Å². The topological polar surface area (TPSA) is 84.2 Å². The second kappa shape index (κ2) is 6.22. The van der Waals surface area contributed by atoms with Crippen molar-refractivity contribution in [3.63, 3.8) is 0 Å². The largest absolute Gasteiger partial charge is 0.329 e. The second-order valence-corrected chi connectivity index (χ2v) is 5.52. The molecule has 2 rings (SSSR count). The Morgan fingerprint density at radius 1 is 1.29 bits per heavy atom. The molecule has 4 N–H and O–H groups in total. The number of benzene rings is 1. The van der Waals surface area contributed by atoms with Gasteiger partial charge in [0, 0.05) is 19.2 Å². The van der Waals surface area contributed by atoms with Gasteiger partial charge in [-0.2, -0.15) is 0 Å². The average molecular weight is 293 g/mol. The summed E-state index contributed by atoms with van der Waals surface area (Å²) in [6, 6.07) is 4.07. The summed E-state index contributed by atoms with van der Waals surface area (Å²) in [6.07, 6.45) is 3.36. The third kappa shape index (κ3) is 3.39. The van der Waals surface area contributed by atoms with Crippen LogP contribution < -0.4 is 16.4 Å². The summed E-state index contributed by atoms with van der Waals surface area (Å²) in [5.74, 6) is -1.04. The number of halogens is 1. The second-order valence-electron chi connectivity index (χ2n) is 5.52. The lowest BCUT2D eigenvalue weighted by atomic mass is 9.85. The van der Waals surface area contributed by atoms with Gasteiger partial charge in [-0.25, -0.2) is 4.39 Å². The van der Waals surface area contributed by atoms with Gasteiger partial charge in [-0.15, -0.1) is 0 Å². The van der Waals surface area contributed by atoms with Gasteiger partial charge in [0.15, 0.2) is 0 Å². The molecule has 1 aromatic carbocycles. The Hall–Kier alpha value is -1.95. The fourth-order valence-corrected chi connectivity index (χ4v) is 2.73. The van der Waals surface area contributed by atoms with Crippen molar-refractivity contribution in [3.8, 4) is 0 Å². The Morgan fingerprint density at radius 2 is 1.95 bits per heavy atom. The van der Waals surface area contributed by atoms with Crippen LogP contribution in [0.2, 0.25) is 0 Å². The molecule has 21 heavy (non-hydrogen) atoms. The number of anilines is 2. The van der Waals surface area contributed by atoms with Crippen molar-refractivity contribution < 1.29 is 14.0 Å². The minimum absolute atomic E-state index is 0.0611. The third-order valence-electron chi connectivity index (χ3n) is 3.97. The highest BCUT2D eigenvalue weighted by Gasteiger charge is 2.40. The van der Waals surface area contributed by atoms with Crippen molar-refractivity contribution in [1.29, 1.82) is 0 Å². The normalized spacial score (nSPS) is 16.5. The lowest BCUT2D eigenvalue weighted by Gasteiger charge is -2.25. The highest BCUT2D eigenvalue weighted by atomic mass is 19.1. The molecule has 0 heterocycles.